The van der Waals surface area contributed by atoms with Crippen molar-refractivity contribution >= 4 is 11.6 Å². The molecule has 1 aromatic carbocycles. The molecule has 19 heavy (non-hydrogen) atoms. The SMILES string of the molecule is Cc1cccc(NC(=O)C2(C#N)CC(C)C2)c1C#N. The third-order valence-electron chi connectivity index (χ3n) is 3.68. The zero-order valence-corrected chi connectivity index (χ0v) is 11.0. The number of benzene rings is 1. The molecule has 1 saturated carbocycles. The minimum Gasteiger partial charge on any atom is -0.323 e. The lowest BCUT2D eigenvalue weighted by atomic mass is 9.63. The Balaban J connectivity index is 2.24. The van der Waals surface area contributed by atoms with E-state index in [0.29, 0.717) is 30.0 Å². The Morgan fingerprint density at radius 1 is 1.42 bits per heavy atom. The van der Waals surface area contributed by atoms with Gasteiger partial charge in [-0.05, 0) is 37.3 Å². The molecule has 0 aliphatic heterocycles. The predicted octanol–water partition coefficient (Wildman–Crippen LogP) is 2.75. The maximum Gasteiger partial charge on any atom is 0.244 e. The summed E-state index contributed by atoms with van der Waals surface area (Å²) in [6, 6.07) is 9.50. The Kier molecular flexibility index (Phi) is 3.27. The van der Waals surface area contributed by atoms with Crippen LogP contribution in [0.2, 0.25) is 0 Å². The molecule has 0 bridgehead atoms. The first-order valence-electron chi connectivity index (χ1n) is 6.25. The van der Waals surface area contributed by atoms with E-state index in [0.717, 1.165) is 5.56 Å². The fraction of sp³-hybridized carbons (Fsp3) is 0.400. The highest BCUT2D eigenvalue weighted by Gasteiger charge is 2.49. The molecule has 0 heterocycles. The van der Waals surface area contributed by atoms with E-state index < -0.39 is 5.41 Å². The van der Waals surface area contributed by atoms with Crippen molar-refractivity contribution in [3.05, 3.63) is 29.3 Å². The highest BCUT2D eigenvalue weighted by molar-refractivity contribution is 5.99. The molecule has 0 saturated heterocycles. The molecule has 0 radical (unpaired) electrons. The fourth-order valence-corrected chi connectivity index (χ4v) is 2.62. The quantitative estimate of drug-likeness (QED) is 0.880. The first-order chi connectivity index (χ1) is 9.02. The van der Waals surface area contributed by atoms with Gasteiger partial charge in [-0.25, -0.2) is 0 Å². The van der Waals surface area contributed by atoms with Crippen LogP contribution in [0, 0.1) is 40.9 Å². The molecule has 0 spiro atoms. The van der Waals surface area contributed by atoms with Gasteiger partial charge in [0.2, 0.25) is 5.91 Å². The predicted molar refractivity (Wildman–Crippen MR) is 71.0 cm³/mol. The van der Waals surface area contributed by atoms with Crippen LogP contribution in [0.3, 0.4) is 0 Å². The first kappa shape index (κ1) is 13.1. The van der Waals surface area contributed by atoms with Gasteiger partial charge in [-0.2, -0.15) is 10.5 Å². The molecule has 96 valence electrons. The van der Waals surface area contributed by atoms with E-state index in [4.69, 9.17) is 5.26 Å². The molecule has 0 aromatic heterocycles. The van der Waals surface area contributed by atoms with Crippen molar-refractivity contribution in [1.29, 1.82) is 10.5 Å². The summed E-state index contributed by atoms with van der Waals surface area (Å²) >= 11 is 0. The first-order valence-corrected chi connectivity index (χ1v) is 6.25. The van der Waals surface area contributed by atoms with Crippen LogP contribution < -0.4 is 5.32 Å². The van der Waals surface area contributed by atoms with Crippen LogP contribution >= 0.6 is 0 Å². The van der Waals surface area contributed by atoms with Crippen LogP contribution in [-0.2, 0) is 4.79 Å². The normalized spacial score (nSPS) is 24.7. The van der Waals surface area contributed by atoms with Crippen molar-refractivity contribution < 1.29 is 4.79 Å². The van der Waals surface area contributed by atoms with Gasteiger partial charge in [-0.1, -0.05) is 19.1 Å². The summed E-state index contributed by atoms with van der Waals surface area (Å²) in [6.45, 7) is 3.84. The fourth-order valence-electron chi connectivity index (χ4n) is 2.62. The van der Waals surface area contributed by atoms with Crippen LogP contribution in [0.4, 0.5) is 5.69 Å². The third kappa shape index (κ3) is 2.18. The van der Waals surface area contributed by atoms with Crippen LogP contribution in [0.15, 0.2) is 18.2 Å². The van der Waals surface area contributed by atoms with Crippen molar-refractivity contribution in [2.45, 2.75) is 26.7 Å². The zero-order valence-electron chi connectivity index (χ0n) is 11.0. The molecule has 0 atom stereocenters. The number of aryl methyl sites for hydroxylation is 1. The number of amides is 1. The largest absolute Gasteiger partial charge is 0.323 e. The lowest BCUT2D eigenvalue weighted by Crippen LogP contribution is -2.45. The molecule has 4 nitrogen and oxygen atoms in total. The number of carbonyl (C=O) groups is 1. The second-order valence-electron chi connectivity index (χ2n) is 5.27. The minimum atomic E-state index is -0.921. The smallest absolute Gasteiger partial charge is 0.244 e. The Morgan fingerprint density at radius 3 is 2.63 bits per heavy atom. The second kappa shape index (κ2) is 4.74. The van der Waals surface area contributed by atoms with Gasteiger partial charge in [0.25, 0.3) is 0 Å². The van der Waals surface area contributed by atoms with E-state index in [1.54, 1.807) is 12.1 Å². The molecule has 1 fully saturated rings. The average molecular weight is 253 g/mol. The molecule has 1 aromatic rings. The van der Waals surface area contributed by atoms with Crippen LogP contribution in [0.1, 0.15) is 30.9 Å². The number of carbonyl (C=O) groups excluding carboxylic acids is 1. The third-order valence-corrected chi connectivity index (χ3v) is 3.68. The topological polar surface area (TPSA) is 76.7 Å². The molecule has 4 heteroatoms. The summed E-state index contributed by atoms with van der Waals surface area (Å²) in [6.07, 6.45) is 1.17. The number of rotatable bonds is 2. The second-order valence-corrected chi connectivity index (χ2v) is 5.27. The number of nitrogens with zero attached hydrogens (tertiary/aromatic N) is 2. The van der Waals surface area contributed by atoms with Crippen LogP contribution in [0.25, 0.3) is 0 Å². The number of hydrogen-bond donors (Lipinski definition) is 1. The molecule has 1 aliphatic carbocycles. The highest BCUT2D eigenvalue weighted by atomic mass is 16.2. The van der Waals surface area contributed by atoms with E-state index in [1.165, 1.54) is 0 Å². The Labute approximate surface area is 112 Å². The Hall–Kier alpha value is -2.33. The van der Waals surface area contributed by atoms with Gasteiger partial charge in [0.15, 0.2) is 0 Å². The summed E-state index contributed by atoms with van der Waals surface area (Å²) in [5.41, 5.74) is 0.835. The lowest BCUT2D eigenvalue weighted by Gasteiger charge is -2.39. The van der Waals surface area contributed by atoms with Gasteiger partial charge in [0.1, 0.15) is 11.5 Å². The zero-order chi connectivity index (χ0) is 14.0. The van der Waals surface area contributed by atoms with Gasteiger partial charge < -0.3 is 5.32 Å². The number of nitriles is 2. The van der Waals surface area contributed by atoms with Gasteiger partial charge >= 0.3 is 0 Å². The van der Waals surface area contributed by atoms with Gasteiger partial charge in [-0.3, -0.25) is 4.79 Å². The van der Waals surface area contributed by atoms with E-state index in [1.807, 2.05) is 19.9 Å². The summed E-state index contributed by atoms with van der Waals surface area (Å²) in [5.74, 6) is 0.105. The molecule has 1 N–H and O–H groups in total. The monoisotopic (exact) mass is 253 g/mol. The lowest BCUT2D eigenvalue weighted by molar-refractivity contribution is -0.128. The minimum absolute atomic E-state index is 0.296. The Morgan fingerprint density at radius 2 is 2.11 bits per heavy atom. The number of nitrogens with one attached hydrogen (secondary N) is 1. The van der Waals surface area contributed by atoms with E-state index in [2.05, 4.69) is 17.5 Å². The average Bonchev–Trinajstić information content (AvgIpc) is 2.35. The van der Waals surface area contributed by atoms with Gasteiger partial charge in [-0.15, -0.1) is 0 Å². The highest BCUT2D eigenvalue weighted by Crippen LogP contribution is 2.45. The number of anilines is 1. The molecular weight excluding hydrogens is 238 g/mol. The van der Waals surface area contributed by atoms with E-state index >= 15 is 0 Å². The summed E-state index contributed by atoms with van der Waals surface area (Å²) in [5, 5.41) is 21.1. The van der Waals surface area contributed by atoms with Gasteiger partial charge in [0.05, 0.1) is 17.3 Å². The standard InChI is InChI=1S/C15H15N3O/c1-10-6-15(7-10,9-17)14(19)18-13-5-3-4-11(2)12(13)8-16/h3-5,10H,6-7H2,1-2H3,(H,18,19). The van der Waals surface area contributed by atoms with Crippen molar-refractivity contribution in [3.63, 3.8) is 0 Å². The number of hydrogen-bond acceptors (Lipinski definition) is 3. The van der Waals surface area contributed by atoms with Crippen molar-refractivity contribution in [3.8, 4) is 12.1 Å². The summed E-state index contributed by atoms with van der Waals surface area (Å²) in [4.78, 5) is 12.2. The van der Waals surface area contributed by atoms with E-state index in [-0.39, 0.29) is 5.91 Å². The maximum atomic E-state index is 12.2. The maximum absolute atomic E-state index is 12.2. The molecule has 1 aliphatic rings. The summed E-state index contributed by atoms with van der Waals surface area (Å²) in [7, 11) is 0. The van der Waals surface area contributed by atoms with Gasteiger partial charge in [0, 0.05) is 0 Å². The van der Waals surface area contributed by atoms with Crippen molar-refractivity contribution in [2.75, 3.05) is 5.32 Å². The van der Waals surface area contributed by atoms with Crippen LogP contribution in [-0.4, -0.2) is 5.91 Å². The van der Waals surface area contributed by atoms with Crippen LogP contribution in [0.5, 0.6) is 0 Å². The Bertz CT molecular complexity index is 601. The van der Waals surface area contributed by atoms with E-state index in [9.17, 15) is 10.1 Å². The molecule has 2 rings (SSSR count). The molecular formula is C15H15N3O. The summed E-state index contributed by atoms with van der Waals surface area (Å²) < 4.78 is 0. The molecule has 1 amide bonds. The van der Waals surface area contributed by atoms with Crippen molar-refractivity contribution in [1.82, 2.24) is 0 Å². The van der Waals surface area contributed by atoms with Crippen molar-refractivity contribution in [2.24, 2.45) is 11.3 Å². The molecule has 0 unspecified atom stereocenters.